The summed E-state index contributed by atoms with van der Waals surface area (Å²) in [5.74, 6) is 1.23. The predicted molar refractivity (Wildman–Crippen MR) is 108 cm³/mol. The third kappa shape index (κ3) is 4.73. The molecule has 0 aromatic heterocycles. The second kappa shape index (κ2) is 8.52. The molecular weight excluding hydrogens is 308 g/mol. The summed E-state index contributed by atoms with van der Waals surface area (Å²) in [6, 6.07) is 8.76. The van der Waals surface area contributed by atoms with Gasteiger partial charge in [-0.05, 0) is 42.0 Å². The third-order valence-corrected chi connectivity index (χ3v) is 7.05. The highest BCUT2D eigenvalue weighted by molar-refractivity contribution is 6.83. The van der Waals surface area contributed by atoms with E-state index in [9.17, 15) is 0 Å². The Morgan fingerprint density at radius 3 is 2.50 bits per heavy atom. The Labute approximate surface area is 149 Å². The molecule has 0 fully saturated rings. The van der Waals surface area contributed by atoms with Crippen molar-refractivity contribution in [2.45, 2.75) is 64.3 Å². The largest absolute Gasteiger partial charge is 0.490 e. The van der Waals surface area contributed by atoms with Gasteiger partial charge < -0.3 is 4.74 Å². The highest BCUT2D eigenvalue weighted by Crippen LogP contribution is 2.35. The Balaban J connectivity index is 2.49. The van der Waals surface area contributed by atoms with Gasteiger partial charge in [0.25, 0.3) is 0 Å². The minimum atomic E-state index is -1.44. The first kappa shape index (κ1) is 18.8. The zero-order valence-electron chi connectivity index (χ0n) is 15.6. The van der Waals surface area contributed by atoms with E-state index in [1.165, 1.54) is 34.9 Å². The SMILES string of the molecule is C=CC/C(=C1\CCCCc2ccccc2C(CC=C)O1)[Si](C)(C)C. The van der Waals surface area contributed by atoms with Gasteiger partial charge in [0.05, 0.1) is 13.8 Å². The minimum absolute atomic E-state index is 0.0861. The van der Waals surface area contributed by atoms with Crippen LogP contribution < -0.4 is 0 Å². The van der Waals surface area contributed by atoms with Crippen molar-refractivity contribution in [2.24, 2.45) is 0 Å². The monoisotopic (exact) mass is 340 g/mol. The van der Waals surface area contributed by atoms with E-state index in [0.29, 0.717) is 0 Å². The van der Waals surface area contributed by atoms with Crippen molar-refractivity contribution in [3.05, 3.63) is 71.7 Å². The van der Waals surface area contributed by atoms with Gasteiger partial charge in [0.1, 0.15) is 6.10 Å². The molecule has 24 heavy (non-hydrogen) atoms. The van der Waals surface area contributed by atoms with Crippen LogP contribution in [0.15, 0.2) is 60.5 Å². The number of benzene rings is 1. The van der Waals surface area contributed by atoms with Crippen molar-refractivity contribution in [3.8, 4) is 0 Å². The van der Waals surface area contributed by atoms with Gasteiger partial charge in [0, 0.05) is 12.8 Å². The van der Waals surface area contributed by atoms with Crippen molar-refractivity contribution in [2.75, 3.05) is 0 Å². The molecule has 0 spiro atoms. The average molecular weight is 341 g/mol. The summed E-state index contributed by atoms with van der Waals surface area (Å²) in [6.07, 6.45) is 10.5. The van der Waals surface area contributed by atoms with E-state index in [0.717, 1.165) is 25.7 Å². The fraction of sp³-hybridized carbons (Fsp3) is 0.455. The van der Waals surface area contributed by atoms with Crippen LogP contribution in [0.3, 0.4) is 0 Å². The van der Waals surface area contributed by atoms with Crippen LogP contribution in [0.1, 0.15) is 49.3 Å². The molecule has 1 aromatic rings. The Bertz CT molecular complexity index is 607. The van der Waals surface area contributed by atoms with Crippen LogP contribution in [-0.4, -0.2) is 8.07 Å². The zero-order chi connectivity index (χ0) is 17.6. The summed E-state index contributed by atoms with van der Waals surface area (Å²) in [5, 5.41) is 1.52. The maximum absolute atomic E-state index is 6.67. The number of rotatable bonds is 5. The minimum Gasteiger partial charge on any atom is -0.490 e. The second-order valence-electron chi connectivity index (χ2n) is 7.68. The van der Waals surface area contributed by atoms with Gasteiger partial charge >= 0.3 is 0 Å². The van der Waals surface area contributed by atoms with Crippen LogP contribution in [0.4, 0.5) is 0 Å². The molecule has 0 aliphatic carbocycles. The van der Waals surface area contributed by atoms with Crippen molar-refractivity contribution >= 4 is 8.07 Å². The van der Waals surface area contributed by atoms with Crippen molar-refractivity contribution in [3.63, 3.8) is 0 Å². The lowest BCUT2D eigenvalue weighted by atomic mass is 9.96. The highest BCUT2D eigenvalue weighted by Gasteiger charge is 2.26. The van der Waals surface area contributed by atoms with Gasteiger partial charge in [-0.1, -0.05) is 56.1 Å². The topological polar surface area (TPSA) is 9.23 Å². The Kier molecular flexibility index (Phi) is 6.67. The standard InChI is InChI=1S/C22H32OSi/c1-6-12-20-19-16-10-8-14-18(19)15-9-11-17-21(23-20)22(13-7-2)24(3,4)5/h6-8,10,14,16,20H,1-2,9,11-13,15,17H2,3-5H3/b22-21-. The summed E-state index contributed by atoms with van der Waals surface area (Å²) < 4.78 is 6.67. The first-order valence-corrected chi connectivity index (χ1v) is 12.7. The number of allylic oxidation sites excluding steroid dienone is 3. The molecule has 130 valence electrons. The van der Waals surface area contributed by atoms with E-state index in [2.05, 4.69) is 57.1 Å². The molecule has 0 N–H and O–H groups in total. The van der Waals surface area contributed by atoms with Crippen molar-refractivity contribution < 1.29 is 4.74 Å². The molecule has 1 atom stereocenters. The number of aryl methyl sites for hydroxylation is 1. The molecule has 1 nitrogen and oxygen atoms in total. The van der Waals surface area contributed by atoms with Crippen LogP contribution in [0.5, 0.6) is 0 Å². The van der Waals surface area contributed by atoms with Gasteiger partial charge in [-0.15, -0.1) is 13.2 Å². The van der Waals surface area contributed by atoms with Gasteiger partial charge in [0.2, 0.25) is 0 Å². The van der Waals surface area contributed by atoms with Gasteiger partial charge in [-0.2, -0.15) is 0 Å². The lowest BCUT2D eigenvalue weighted by molar-refractivity contribution is 0.110. The van der Waals surface area contributed by atoms with Crippen molar-refractivity contribution in [1.82, 2.24) is 0 Å². The molecular formula is C22H32OSi. The summed E-state index contributed by atoms with van der Waals surface area (Å²) >= 11 is 0. The number of hydrogen-bond donors (Lipinski definition) is 0. The van der Waals surface area contributed by atoms with Crippen LogP contribution >= 0.6 is 0 Å². The summed E-state index contributed by atoms with van der Waals surface area (Å²) in [4.78, 5) is 0. The normalized spacial score (nSPS) is 20.7. The first-order chi connectivity index (χ1) is 11.5. The Hall–Kier alpha value is -1.54. The molecule has 1 aromatic carbocycles. The summed E-state index contributed by atoms with van der Waals surface area (Å²) in [6.45, 7) is 15.2. The Morgan fingerprint density at radius 2 is 1.83 bits per heavy atom. The lowest BCUT2D eigenvalue weighted by Crippen LogP contribution is -2.26. The molecule has 0 radical (unpaired) electrons. The van der Waals surface area contributed by atoms with Gasteiger partial charge in [-0.25, -0.2) is 0 Å². The van der Waals surface area contributed by atoms with Crippen molar-refractivity contribution in [1.29, 1.82) is 0 Å². The van der Waals surface area contributed by atoms with Crippen LogP contribution in [-0.2, 0) is 11.2 Å². The fourth-order valence-electron chi connectivity index (χ4n) is 3.50. The number of ether oxygens (including phenoxy) is 1. The Morgan fingerprint density at radius 1 is 1.12 bits per heavy atom. The van der Waals surface area contributed by atoms with Crippen LogP contribution in [0, 0.1) is 0 Å². The molecule has 1 aliphatic heterocycles. The molecule has 1 aliphatic rings. The zero-order valence-corrected chi connectivity index (χ0v) is 16.6. The summed E-state index contributed by atoms with van der Waals surface area (Å²) in [5.41, 5.74) is 2.77. The maximum atomic E-state index is 6.67. The molecule has 0 saturated carbocycles. The van der Waals surface area contributed by atoms with Gasteiger partial charge in [-0.3, -0.25) is 0 Å². The quantitative estimate of drug-likeness (QED) is 0.425. The molecule has 2 rings (SSSR count). The second-order valence-corrected chi connectivity index (χ2v) is 12.8. The van der Waals surface area contributed by atoms with E-state index < -0.39 is 8.07 Å². The predicted octanol–water partition coefficient (Wildman–Crippen LogP) is 6.75. The first-order valence-electron chi connectivity index (χ1n) is 9.16. The molecule has 1 unspecified atom stereocenters. The van der Waals surface area contributed by atoms with Crippen LogP contribution in [0.2, 0.25) is 19.6 Å². The van der Waals surface area contributed by atoms with Crippen LogP contribution in [0.25, 0.3) is 0 Å². The smallest absolute Gasteiger partial charge is 0.127 e. The number of hydrogen-bond acceptors (Lipinski definition) is 1. The fourth-order valence-corrected chi connectivity index (χ4v) is 5.28. The van der Waals surface area contributed by atoms with E-state index in [1.807, 2.05) is 12.2 Å². The summed E-state index contributed by atoms with van der Waals surface area (Å²) in [7, 11) is -1.44. The molecule has 2 heteroatoms. The van der Waals surface area contributed by atoms with Gasteiger partial charge in [0.15, 0.2) is 0 Å². The van der Waals surface area contributed by atoms with E-state index in [-0.39, 0.29) is 6.10 Å². The van der Waals surface area contributed by atoms with E-state index in [1.54, 1.807) is 0 Å². The maximum Gasteiger partial charge on any atom is 0.127 e. The van der Waals surface area contributed by atoms with E-state index >= 15 is 0 Å². The van der Waals surface area contributed by atoms with E-state index in [4.69, 9.17) is 4.74 Å². The third-order valence-electron chi connectivity index (χ3n) is 4.76. The molecule has 0 saturated heterocycles. The lowest BCUT2D eigenvalue weighted by Gasteiger charge is -2.28. The molecule has 1 heterocycles. The average Bonchev–Trinajstić information content (AvgIpc) is 2.62. The molecule has 0 bridgehead atoms. The number of fused-ring (bicyclic) bond motifs is 1. The highest BCUT2D eigenvalue weighted by atomic mass is 28.3. The molecule has 0 amide bonds.